The number of aliphatic hydroxyl groups is 3. The lowest BCUT2D eigenvalue weighted by Gasteiger charge is -2.45. The van der Waals surface area contributed by atoms with E-state index in [4.69, 9.17) is 5.73 Å². The van der Waals surface area contributed by atoms with E-state index in [0.29, 0.717) is 5.56 Å². The average molecular weight is 476 g/mol. The van der Waals surface area contributed by atoms with Crippen molar-refractivity contribution in [2.24, 2.45) is 17.6 Å². The van der Waals surface area contributed by atoms with Gasteiger partial charge in [0.25, 0.3) is 5.91 Å². The number of hydrogen-bond acceptors (Lipinski definition) is 8. The first-order chi connectivity index (χ1) is 16.4. The monoisotopic (exact) mass is 476 g/mol. The lowest BCUT2D eigenvalue weighted by atomic mass is 9.60. The van der Waals surface area contributed by atoms with Crippen molar-refractivity contribution in [3.05, 3.63) is 69.4 Å². The molecule has 1 aromatic carbocycles. The Bertz CT molecular complexity index is 1400. The molecule has 35 heavy (non-hydrogen) atoms. The number of amides is 1. The van der Waals surface area contributed by atoms with Gasteiger partial charge in [-0.3, -0.25) is 19.4 Å². The van der Waals surface area contributed by atoms with E-state index in [1.165, 1.54) is 6.07 Å². The zero-order valence-corrected chi connectivity index (χ0v) is 19.1. The third kappa shape index (κ3) is 3.11. The number of Topliss-reactive ketones (excluding diaryl/α,β-unsaturated/α-hetero) is 2. The first kappa shape index (κ1) is 22.8. The molecule has 1 aromatic heterocycles. The molecule has 9 nitrogen and oxygen atoms in total. The van der Waals surface area contributed by atoms with Gasteiger partial charge in [-0.1, -0.05) is 6.07 Å². The fourth-order valence-corrected chi connectivity index (χ4v) is 5.88. The van der Waals surface area contributed by atoms with Crippen molar-refractivity contribution in [3.63, 3.8) is 0 Å². The van der Waals surface area contributed by atoms with Crippen molar-refractivity contribution in [1.29, 1.82) is 0 Å². The van der Waals surface area contributed by atoms with Crippen LogP contribution < -0.4 is 5.73 Å². The Morgan fingerprint density at radius 1 is 1.09 bits per heavy atom. The summed E-state index contributed by atoms with van der Waals surface area (Å²) >= 11 is 0. The molecule has 180 valence electrons. The second-order valence-electron chi connectivity index (χ2n) is 9.54. The van der Waals surface area contributed by atoms with Crippen molar-refractivity contribution in [1.82, 2.24) is 4.98 Å². The predicted octanol–water partition coefficient (Wildman–Crippen LogP) is 2.26. The second kappa shape index (κ2) is 7.51. The van der Waals surface area contributed by atoms with Gasteiger partial charge in [0, 0.05) is 29.3 Å². The molecule has 0 bridgehead atoms. The fraction of sp³-hybridized carbons (Fsp3) is 0.308. The molecule has 9 heteroatoms. The highest BCUT2D eigenvalue weighted by atomic mass is 16.3. The van der Waals surface area contributed by atoms with Crippen LogP contribution in [0.2, 0.25) is 0 Å². The number of fused-ring (bicyclic) bond motifs is 3. The Morgan fingerprint density at radius 2 is 1.74 bits per heavy atom. The lowest BCUT2D eigenvalue weighted by molar-refractivity contribution is -0.144. The van der Waals surface area contributed by atoms with Crippen LogP contribution in [0.15, 0.2) is 46.9 Å². The first-order valence-electron chi connectivity index (χ1n) is 11.2. The number of phenolic OH excluding ortho intramolecular Hbond substituents is 1. The quantitative estimate of drug-likeness (QED) is 0.411. The van der Waals surface area contributed by atoms with E-state index in [-0.39, 0.29) is 36.1 Å². The molecule has 3 aliphatic rings. The number of hydrogen-bond donors (Lipinski definition) is 5. The van der Waals surface area contributed by atoms with E-state index >= 15 is 0 Å². The topological polar surface area (TPSA) is 171 Å². The summed E-state index contributed by atoms with van der Waals surface area (Å²) in [6, 6.07) is 6.87. The first-order valence-corrected chi connectivity index (χ1v) is 11.2. The zero-order chi connectivity index (χ0) is 25.4. The van der Waals surface area contributed by atoms with Crippen molar-refractivity contribution in [2.75, 3.05) is 0 Å². The molecule has 6 N–H and O–H groups in total. The van der Waals surface area contributed by atoms with Crippen LogP contribution in [0.4, 0.5) is 0 Å². The number of aromatic hydroxyl groups is 1. The summed E-state index contributed by atoms with van der Waals surface area (Å²) in [5.41, 5.74) is 5.41. The maximum atomic E-state index is 13.6. The largest absolute Gasteiger partial charge is 0.511 e. The number of aryl methyl sites for hydroxylation is 2. The minimum Gasteiger partial charge on any atom is -0.511 e. The van der Waals surface area contributed by atoms with E-state index in [1.807, 2.05) is 26.0 Å². The molecule has 2 aromatic rings. The van der Waals surface area contributed by atoms with Crippen molar-refractivity contribution in [3.8, 4) is 16.9 Å². The highest BCUT2D eigenvalue weighted by Gasteiger charge is 2.59. The molecular formula is C26H24N2O7. The number of ketones is 2. The Labute approximate surface area is 200 Å². The van der Waals surface area contributed by atoms with Crippen LogP contribution in [-0.4, -0.2) is 48.5 Å². The molecule has 0 radical (unpaired) electrons. The molecule has 1 heterocycles. The van der Waals surface area contributed by atoms with Gasteiger partial charge in [0.1, 0.15) is 22.8 Å². The molecule has 0 saturated carbocycles. The standard InChI is InChI=1S/C26H24N2O7/c1-10-5-12(6-11(2)28-10)15-3-4-17(29)20-16(15)8-13-7-14-9-18(30)21(25(27)34)24(33)26(14,35)23(32)19(13)22(20)31/h3-6,13-14,29-30,32,35H,7-9H2,1-2H3,(H2,27,34)/t13-,14+,26+/m1/s1. The van der Waals surface area contributed by atoms with Gasteiger partial charge in [0.15, 0.2) is 11.4 Å². The number of nitrogens with zero attached hydrogens (tertiary/aromatic N) is 1. The normalized spacial score (nSPS) is 25.8. The average Bonchev–Trinajstić information content (AvgIpc) is 2.75. The minimum absolute atomic E-state index is 0.00811. The molecule has 0 unspecified atom stereocenters. The van der Waals surface area contributed by atoms with Gasteiger partial charge in [-0.2, -0.15) is 0 Å². The van der Waals surface area contributed by atoms with E-state index in [2.05, 4.69) is 4.98 Å². The molecule has 3 aliphatic carbocycles. The van der Waals surface area contributed by atoms with Crippen LogP contribution in [0.25, 0.3) is 11.1 Å². The van der Waals surface area contributed by atoms with Crippen molar-refractivity contribution in [2.45, 2.75) is 38.7 Å². The summed E-state index contributed by atoms with van der Waals surface area (Å²) < 4.78 is 0. The number of allylic oxidation sites excluding steroid dienone is 2. The number of aliphatic hydroxyl groups excluding tert-OH is 2. The van der Waals surface area contributed by atoms with Crippen molar-refractivity contribution < 1.29 is 34.8 Å². The number of carbonyl (C=O) groups excluding carboxylic acids is 3. The number of rotatable bonds is 2. The van der Waals surface area contributed by atoms with Crippen molar-refractivity contribution >= 4 is 17.5 Å². The smallest absolute Gasteiger partial charge is 0.255 e. The molecule has 3 atom stereocenters. The minimum atomic E-state index is -2.57. The van der Waals surface area contributed by atoms with Crippen LogP contribution in [0.3, 0.4) is 0 Å². The number of primary amides is 1. The number of benzene rings is 1. The predicted molar refractivity (Wildman–Crippen MR) is 124 cm³/mol. The zero-order valence-electron chi connectivity index (χ0n) is 19.1. The van der Waals surface area contributed by atoms with Crippen LogP contribution in [-0.2, 0) is 16.0 Å². The summed E-state index contributed by atoms with van der Waals surface area (Å²) in [5, 5.41) is 43.3. The number of nitrogens with two attached hydrogens (primary N) is 1. The van der Waals surface area contributed by atoms with E-state index in [9.17, 15) is 34.8 Å². The Hall–Kier alpha value is -3.98. The fourth-order valence-electron chi connectivity index (χ4n) is 5.88. The molecule has 0 fully saturated rings. The summed E-state index contributed by atoms with van der Waals surface area (Å²) in [5.74, 6) is -6.40. The molecule has 0 saturated heterocycles. The Morgan fingerprint density at radius 3 is 2.37 bits per heavy atom. The summed E-state index contributed by atoms with van der Waals surface area (Å²) in [7, 11) is 0. The Kier molecular flexibility index (Phi) is 4.89. The maximum Gasteiger partial charge on any atom is 0.255 e. The number of phenols is 1. The number of carbonyl (C=O) groups is 3. The third-order valence-corrected chi connectivity index (χ3v) is 7.34. The van der Waals surface area contributed by atoms with Gasteiger partial charge >= 0.3 is 0 Å². The van der Waals surface area contributed by atoms with Crippen LogP contribution >= 0.6 is 0 Å². The van der Waals surface area contributed by atoms with Gasteiger partial charge in [0.05, 0.1) is 5.56 Å². The number of aromatic nitrogens is 1. The molecule has 0 spiro atoms. The second-order valence-corrected chi connectivity index (χ2v) is 9.54. The molecular weight excluding hydrogens is 452 g/mol. The van der Waals surface area contributed by atoms with E-state index < -0.39 is 52.0 Å². The summed E-state index contributed by atoms with van der Waals surface area (Å²) in [6.45, 7) is 3.71. The van der Waals surface area contributed by atoms with Crippen LogP contribution in [0.5, 0.6) is 5.75 Å². The third-order valence-electron chi connectivity index (χ3n) is 7.34. The van der Waals surface area contributed by atoms with Gasteiger partial charge in [-0.25, -0.2) is 0 Å². The maximum absolute atomic E-state index is 13.6. The molecule has 1 amide bonds. The number of pyridine rings is 1. The van der Waals surface area contributed by atoms with Crippen LogP contribution in [0, 0.1) is 25.7 Å². The highest BCUT2D eigenvalue weighted by Crippen LogP contribution is 2.52. The van der Waals surface area contributed by atoms with Gasteiger partial charge in [0.2, 0.25) is 5.78 Å². The van der Waals surface area contributed by atoms with E-state index in [1.54, 1.807) is 6.07 Å². The summed E-state index contributed by atoms with van der Waals surface area (Å²) in [6.07, 6.45) is 0.0794. The SMILES string of the molecule is Cc1cc(-c2ccc(O)c3c2C[C@H]2C[C@H]4CC(O)=C(C(N)=O)C(=O)[C@@]4(O)C(O)=C2C3=O)cc(C)n1. The van der Waals surface area contributed by atoms with Crippen LogP contribution in [0.1, 0.15) is 40.2 Å². The van der Waals surface area contributed by atoms with Gasteiger partial charge in [-0.05, 0) is 67.5 Å². The van der Waals surface area contributed by atoms with Gasteiger partial charge < -0.3 is 26.2 Å². The van der Waals surface area contributed by atoms with E-state index in [0.717, 1.165) is 22.5 Å². The lowest BCUT2D eigenvalue weighted by Crippen LogP contribution is -2.57. The van der Waals surface area contributed by atoms with Gasteiger partial charge in [-0.15, -0.1) is 0 Å². The molecule has 5 rings (SSSR count). The Balaban J connectivity index is 1.70. The molecule has 0 aliphatic heterocycles. The highest BCUT2D eigenvalue weighted by molar-refractivity contribution is 6.24. The summed E-state index contributed by atoms with van der Waals surface area (Å²) in [4.78, 5) is 42.8.